The first kappa shape index (κ1) is 17.0. The average Bonchev–Trinajstić information content (AvgIpc) is 2.60. The lowest BCUT2D eigenvalue weighted by atomic mass is 9.95. The Morgan fingerprint density at radius 2 is 1.67 bits per heavy atom. The van der Waals surface area contributed by atoms with Gasteiger partial charge in [0.2, 0.25) is 0 Å². The number of nitriles is 1. The van der Waals surface area contributed by atoms with Crippen molar-refractivity contribution < 1.29 is 24.2 Å². The second-order valence-electron chi connectivity index (χ2n) is 4.95. The van der Waals surface area contributed by atoms with Crippen LogP contribution in [-0.2, 0) is 11.2 Å². The van der Waals surface area contributed by atoms with Crippen molar-refractivity contribution in [2.45, 2.75) is 6.42 Å². The zero-order valence-electron chi connectivity index (χ0n) is 13.2. The first-order chi connectivity index (χ1) is 11.5. The number of benzene rings is 2. The van der Waals surface area contributed by atoms with E-state index in [0.717, 1.165) is 0 Å². The van der Waals surface area contributed by atoms with Gasteiger partial charge in [0.05, 0.1) is 32.3 Å². The summed E-state index contributed by atoms with van der Waals surface area (Å²) >= 11 is 0. The number of hydrogen-bond acceptors (Lipinski definition) is 5. The Hall–Kier alpha value is -3.33. The lowest BCUT2D eigenvalue weighted by molar-refractivity contribution is -0.136. The van der Waals surface area contributed by atoms with E-state index in [1.54, 1.807) is 0 Å². The van der Waals surface area contributed by atoms with E-state index < -0.39 is 5.97 Å². The van der Waals surface area contributed by atoms with E-state index in [9.17, 15) is 9.59 Å². The van der Waals surface area contributed by atoms with Gasteiger partial charge in [-0.05, 0) is 42.0 Å². The van der Waals surface area contributed by atoms with Crippen molar-refractivity contribution in [1.82, 2.24) is 0 Å². The molecule has 0 saturated heterocycles. The van der Waals surface area contributed by atoms with Crippen LogP contribution < -0.4 is 9.47 Å². The van der Waals surface area contributed by atoms with Gasteiger partial charge in [0.1, 0.15) is 0 Å². The lowest BCUT2D eigenvalue weighted by Crippen LogP contribution is -2.10. The Morgan fingerprint density at radius 1 is 1.08 bits per heavy atom. The smallest absolute Gasteiger partial charge is 0.307 e. The first-order valence-electron chi connectivity index (χ1n) is 7.01. The quantitative estimate of drug-likeness (QED) is 0.819. The van der Waals surface area contributed by atoms with Gasteiger partial charge in [-0.1, -0.05) is 0 Å². The van der Waals surface area contributed by atoms with E-state index in [4.69, 9.17) is 19.8 Å². The molecule has 2 aromatic carbocycles. The van der Waals surface area contributed by atoms with E-state index in [0.29, 0.717) is 28.2 Å². The molecule has 0 aliphatic rings. The van der Waals surface area contributed by atoms with Crippen molar-refractivity contribution >= 4 is 11.8 Å². The van der Waals surface area contributed by atoms with Crippen LogP contribution in [-0.4, -0.2) is 31.1 Å². The minimum absolute atomic E-state index is 0.222. The van der Waals surface area contributed by atoms with Crippen molar-refractivity contribution in [3.63, 3.8) is 0 Å². The molecule has 0 bridgehead atoms. The van der Waals surface area contributed by atoms with Crippen molar-refractivity contribution in [1.29, 1.82) is 5.26 Å². The highest BCUT2D eigenvalue weighted by molar-refractivity contribution is 6.10. The van der Waals surface area contributed by atoms with Gasteiger partial charge in [-0.3, -0.25) is 9.59 Å². The zero-order chi connectivity index (χ0) is 17.7. The van der Waals surface area contributed by atoms with Gasteiger partial charge in [0.15, 0.2) is 17.3 Å². The zero-order valence-corrected chi connectivity index (χ0v) is 13.2. The fraction of sp³-hybridized carbons (Fsp3) is 0.167. The van der Waals surface area contributed by atoms with E-state index in [1.165, 1.54) is 50.6 Å². The molecule has 0 radical (unpaired) electrons. The third-order valence-electron chi connectivity index (χ3n) is 3.47. The second-order valence-corrected chi connectivity index (χ2v) is 4.95. The molecule has 0 saturated carbocycles. The molecule has 0 unspecified atom stereocenters. The number of nitrogens with zero attached hydrogens (tertiary/aromatic N) is 1. The summed E-state index contributed by atoms with van der Waals surface area (Å²) in [5.41, 5.74) is 1.34. The summed E-state index contributed by atoms with van der Waals surface area (Å²) in [6, 6.07) is 11.1. The number of carboxylic acid groups (broad SMARTS) is 1. The average molecular weight is 325 g/mol. The molecule has 2 aromatic rings. The summed E-state index contributed by atoms with van der Waals surface area (Å²) in [7, 11) is 2.87. The molecule has 6 nitrogen and oxygen atoms in total. The molecule has 0 aliphatic carbocycles. The van der Waals surface area contributed by atoms with Crippen LogP contribution in [0.2, 0.25) is 0 Å². The maximum absolute atomic E-state index is 12.7. The SMILES string of the molecule is COc1cc(CC(=O)O)c(C(=O)c2ccc(C#N)cc2)cc1OC. The maximum Gasteiger partial charge on any atom is 0.307 e. The summed E-state index contributed by atoms with van der Waals surface area (Å²) < 4.78 is 10.4. The third kappa shape index (κ3) is 3.52. The molecule has 0 amide bonds. The largest absolute Gasteiger partial charge is 0.493 e. The van der Waals surface area contributed by atoms with Gasteiger partial charge in [0, 0.05) is 11.1 Å². The number of hydrogen-bond donors (Lipinski definition) is 1. The lowest BCUT2D eigenvalue weighted by Gasteiger charge is -2.13. The van der Waals surface area contributed by atoms with Crippen molar-refractivity contribution in [3.05, 3.63) is 58.7 Å². The number of ether oxygens (including phenoxy) is 2. The molecule has 0 aromatic heterocycles. The highest BCUT2D eigenvalue weighted by Crippen LogP contribution is 2.32. The van der Waals surface area contributed by atoms with Crippen LogP contribution in [0.5, 0.6) is 11.5 Å². The van der Waals surface area contributed by atoms with Gasteiger partial charge >= 0.3 is 5.97 Å². The van der Waals surface area contributed by atoms with Gasteiger partial charge in [-0.15, -0.1) is 0 Å². The van der Waals surface area contributed by atoms with Crippen LogP contribution >= 0.6 is 0 Å². The van der Waals surface area contributed by atoms with Crippen molar-refractivity contribution in [2.75, 3.05) is 14.2 Å². The fourth-order valence-electron chi connectivity index (χ4n) is 2.29. The minimum atomic E-state index is -1.06. The standard InChI is InChI=1S/C18H15NO5/c1-23-15-7-13(8-17(20)21)14(9-16(15)24-2)18(22)12-5-3-11(10-19)4-6-12/h3-7,9H,8H2,1-2H3,(H,20,21). The van der Waals surface area contributed by atoms with E-state index in [2.05, 4.69) is 0 Å². The van der Waals surface area contributed by atoms with Crippen LogP contribution in [0.4, 0.5) is 0 Å². The van der Waals surface area contributed by atoms with E-state index in [-0.39, 0.29) is 17.8 Å². The molecule has 2 rings (SSSR count). The van der Waals surface area contributed by atoms with Gasteiger partial charge in [-0.2, -0.15) is 5.26 Å². The fourth-order valence-corrected chi connectivity index (χ4v) is 2.29. The number of methoxy groups -OCH3 is 2. The molecule has 0 spiro atoms. The Kier molecular flexibility index (Phi) is 5.17. The topological polar surface area (TPSA) is 96.6 Å². The van der Waals surface area contributed by atoms with Crippen LogP contribution in [0.3, 0.4) is 0 Å². The van der Waals surface area contributed by atoms with E-state index >= 15 is 0 Å². The predicted molar refractivity (Wildman–Crippen MR) is 85.5 cm³/mol. The highest BCUT2D eigenvalue weighted by Gasteiger charge is 2.19. The predicted octanol–water partition coefficient (Wildman–Crippen LogP) is 2.43. The van der Waals surface area contributed by atoms with Crippen molar-refractivity contribution in [3.8, 4) is 17.6 Å². The maximum atomic E-state index is 12.7. The molecular formula is C18H15NO5. The monoisotopic (exact) mass is 325 g/mol. The Balaban J connectivity index is 2.54. The third-order valence-corrected chi connectivity index (χ3v) is 3.47. The molecule has 0 atom stereocenters. The Labute approximate surface area is 138 Å². The molecule has 24 heavy (non-hydrogen) atoms. The summed E-state index contributed by atoms with van der Waals surface area (Å²) in [5, 5.41) is 17.9. The van der Waals surface area contributed by atoms with Crippen molar-refractivity contribution in [2.24, 2.45) is 0 Å². The second kappa shape index (κ2) is 7.29. The number of rotatable bonds is 6. The van der Waals surface area contributed by atoms with Crippen LogP contribution in [0.15, 0.2) is 36.4 Å². The van der Waals surface area contributed by atoms with E-state index in [1.807, 2.05) is 6.07 Å². The molecule has 0 fully saturated rings. The minimum Gasteiger partial charge on any atom is -0.493 e. The van der Waals surface area contributed by atoms with Crippen LogP contribution in [0, 0.1) is 11.3 Å². The normalized spacial score (nSPS) is 9.88. The van der Waals surface area contributed by atoms with Crippen LogP contribution in [0.1, 0.15) is 27.0 Å². The van der Waals surface area contributed by atoms with Crippen LogP contribution in [0.25, 0.3) is 0 Å². The molecule has 6 heteroatoms. The highest BCUT2D eigenvalue weighted by atomic mass is 16.5. The molecule has 122 valence electrons. The van der Waals surface area contributed by atoms with Gasteiger partial charge < -0.3 is 14.6 Å². The summed E-state index contributed by atoms with van der Waals surface area (Å²) in [6.45, 7) is 0. The molecule has 1 N–H and O–H groups in total. The number of carboxylic acids is 1. The molecule has 0 aliphatic heterocycles. The Morgan fingerprint density at radius 3 is 2.17 bits per heavy atom. The molecular weight excluding hydrogens is 310 g/mol. The summed E-state index contributed by atoms with van der Waals surface area (Å²) in [4.78, 5) is 23.8. The number of carbonyl (C=O) groups is 2. The van der Waals surface area contributed by atoms with Gasteiger partial charge in [-0.25, -0.2) is 0 Å². The summed E-state index contributed by atoms with van der Waals surface area (Å²) in [5.74, 6) is -0.721. The Bertz CT molecular complexity index is 819. The number of ketones is 1. The molecule has 0 heterocycles. The summed E-state index contributed by atoms with van der Waals surface area (Å²) in [6.07, 6.45) is -0.322. The number of aliphatic carboxylic acids is 1. The number of carbonyl (C=O) groups excluding carboxylic acids is 1. The van der Waals surface area contributed by atoms with Gasteiger partial charge in [0.25, 0.3) is 0 Å². The first-order valence-corrected chi connectivity index (χ1v) is 7.01.